The predicted molar refractivity (Wildman–Crippen MR) is 79.2 cm³/mol. The molecule has 0 saturated heterocycles. The first kappa shape index (κ1) is 13.6. The fourth-order valence-corrected chi connectivity index (χ4v) is 2.30. The monoisotopic (exact) mass is 255 g/mol. The van der Waals surface area contributed by atoms with E-state index >= 15 is 0 Å². The number of hydrogen-bond donors (Lipinski definition) is 2. The highest BCUT2D eigenvalue weighted by Gasteiger charge is 2.09. The van der Waals surface area contributed by atoms with Crippen LogP contribution in [0.2, 0.25) is 0 Å². The zero-order valence-electron chi connectivity index (χ0n) is 11.6. The summed E-state index contributed by atoms with van der Waals surface area (Å²) in [5, 5.41) is 13.3. The first-order chi connectivity index (χ1) is 9.22. The van der Waals surface area contributed by atoms with Crippen LogP contribution in [0.1, 0.15) is 36.6 Å². The fourth-order valence-electron chi connectivity index (χ4n) is 2.30. The van der Waals surface area contributed by atoms with Crippen LogP contribution in [-0.2, 0) is 13.0 Å². The Labute approximate surface area is 115 Å². The Kier molecular flexibility index (Phi) is 4.58. The summed E-state index contributed by atoms with van der Waals surface area (Å²) in [5.74, 6) is 0.353. The molecule has 100 valence electrons. The molecule has 0 saturated carbocycles. The third kappa shape index (κ3) is 3.36. The molecule has 0 aliphatic rings. The van der Waals surface area contributed by atoms with Crippen molar-refractivity contribution in [2.24, 2.45) is 0 Å². The van der Waals surface area contributed by atoms with Crippen molar-refractivity contribution < 1.29 is 5.11 Å². The molecule has 1 unspecified atom stereocenters. The standard InChI is InChI=1S/C17H21NO/c1-3-14-8-4-5-9-15(14)12-18-13(2)16-10-6-7-11-17(16)19/h4-11,13,18-19H,3,12H2,1-2H3. The van der Waals surface area contributed by atoms with Gasteiger partial charge >= 0.3 is 0 Å². The lowest BCUT2D eigenvalue weighted by Crippen LogP contribution is -2.19. The molecular formula is C17H21NO. The number of para-hydroxylation sites is 1. The maximum absolute atomic E-state index is 9.84. The number of phenolic OH excluding ortho intramolecular Hbond substituents is 1. The average Bonchev–Trinajstić information content (AvgIpc) is 2.45. The van der Waals surface area contributed by atoms with E-state index in [0.29, 0.717) is 5.75 Å². The molecule has 0 aliphatic carbocycles. The number of aromatic hydroxyl groups is 1. The molecule has 0 fully saturated rings. The molecule has 0 aliphatic heterocycles. The molecule has 0 spiro atoms. The summed E-state index contributed by atoms with van der Waals surface area (Å²) in [6, 6.07) is 16.1. The summed E-state index contributed by atoms with van der Waals surface area (Å²) in [4.78, 5) is 0. The molecule has 0 aromatic heterocycles. The molecule has 2 heteroatoms. The third-order valence-electron chi connectivity index (χ3n) is 3.50. The van der Waals surface area contributed by atoms with Gasteiger partial charge in [0.25, 0.3) is 0 Å². The summed E-state index contributed by atoms with van der Waals surface area (Å²) < 4.78 is 0. The van der Waals surface area contributed by atoms with E-state index < -0.39 is 0 Å². The van der Waals surface area contributed by atoms with Crippen LogP contribution in [0.3, 0.4) is 0 Å². The van der Waals surface area contributed by atoms with E-state index in [4.69, 9.17) is 0 Å². The van der Waals surface area contributed by atoms with Gasteiger partial charge in [-0.25, -0.2) is 0 Å². The Morgan fingerprint density at radius 1 is 1.00 bits per heavy atom. The Bertz CT molecular complexity index is 536. The van der Waals surface area contributed by atoms with Crippen molar-refractivity contribution in [2.45, 2.75) is 32.9 Å². The van der Waals surface area contributed by atoms with Gasteiger partial charge in [-0.2, -0.15) is 0 Å². The van der Waals surface area contributed by atoms with Crippen LogP contribution < -0.4 is 5.32 Å². The summed E-state index contributed by atoms with van der Waals surface area (Å²) in [7, 11) is 0. The molecule has 1 atom stereocenters. The first-order valence-electron chi connectivity index (χ1n) is 6.80. The largest absolute Gasteiger partial charge is 0.508 e. The minimum atomic E-state index is 0.131. The van der Waals surface area contributed by atoms with E-state index in [2.05, 4.69) is 43.4 Å². The zero-order valence-corrected chi connectivity index (χ0v) is 11.6. The van der Waals surface area contributed by atoms with Gasteiger partial charge in [0.2, 0.25) is 0 Å². The Balaban J connectivity index is 2.04. The van der Waals surface area contributed by atoms with E-state index in [-0.39, 0.29) is 6.04 Å². The van der Waals surface area contributed by atoms with Crippen molar-refractivity contribution in [3.63, 3.8) is 0 Å². The molecule has 0 bridgehead atoms. The Morgan fingerprint density at radius 3 is 2.32 bits per heavy atom. The van der Waals surface area contributed by atoms with Gasteiger partial charge in [-0.3, -0.25) is 0 Å². The molecule has 0 amide bonds. The number of nitrogens with one attached hydrogen (secondary N) is 1. The highest BCUT2D eigenvalue weighted by molar-refractivity contribution is 5.34. The van der Waals surface area contributed by atoms with Gasteiger partial charge in [-0.15, -0.1) is 0 Å². The lowest BCUT2D eigenvalue weighted by atomic mass is 10.0. The van der Waals surface area contributed by atoms with Gasteiger partial charge < -0.3 is 10.4 Å². The van der Waals surface area contributed by atoms with Crippen LogP contribution >= 0.6 is 0 Å². The van der Waals surface area contributed by atoms with Gasteiger partial charge in [0.15, 0.2) is 0 Å². The molecular weight excluding hydrogens is 234 g/mol. The van der Waals surface area contributed by atoms with Crippen molar-refractivity contribution in [1.29, 1.82) is 0 Å². The van der Waals surface area contributed by atoms with Gasteiger partial charge in [0.05, 0.1) is 0 Å². The lowest BCUT2D eigenvalue weighted by Gasteiger charge is -2.17. The van der Waals surface area contributed by atoms with Gasteiger partial charge in [0, 0.05) is 18.2 Å². The Morgan fingerprint density at radius 2 is 1.63 bits per heavy atom. The van der Waals surface area contributed by atoms with Crippen LogP contribution in [0.25, 0.3) is 0 Å². The SMILES string of the molecule is CCc1ccccc1CNC(C)c1ccccc1O. The van der Waals surface area contributed by atoms with E-state index in [1.54, 1.807) is 6.07 Å². The Hall–Kier alpha value is -1.80. The van der Waals surface area contributed by atoms with E-state index in [0.717, 1.165) is 18.5 Å². The second kappa shape index (κ2) is 6.39. The van der Waals surface area contributed by atoms with Gasteiger partial charge in [-0.1, -0.05) is 49.4 Å². The summed E-state index contributed by atoms with van der Waals surface area (Å²) in [6.07, 6.45) is 1.04. The quantitative estimate of drug-likeness (QED) is 0.851. The summed E-state index contributed by atoms with van der Waals surface area (Å²) >= 11 is 0. The predicted octanol–water partition coefficient (Wildman–Crippen LogP) is 3.81. The van der Waals surface area contributed by atoms with Crippen molar-refractivity contribution in [2.75, 3.05) is 0 Å². The van der Waals surface area contributed by atoms with Gasteiger partial charge in [-0.05, 0) is 30.5 Å². The smallest absolute Gasteiger partial charge is 0.120 e. The van der Waals surface area contributed by atoms with E-state index in [1.165, 1.54) is 11.1 Å². The topological polar surface area (TPSA) is 32.3 Å². The van der Waals surface area contributed by atoms with Crippen LogP contribution in [0.4, 0.5) is 0 Å². The first-order valence-corrected chi connectivity index (χ1v) is 6.80. The number of rotatable bonds is 5. The van der Waals surface area contributed by atoms with Gasteiger partial charge in [0.1, 0.15) is 5.75 Å². The van der Waals surface area contributed by atoms with Crippen LogP contribution in [-0.4, -0.2) is 5.11 Å². The summed E-state index contributed by atoms with van der Waals surface area (Å²) in [5.41, 5.74) is 3.64. The van der Waals surface area contributed by atoms with Crippen molar-refractivity contribution >= 4 is 0 Å². The van der Waals surface area contributed by atoms with Crippen molar-refractivity contribution in [1.82, 2.24) is 5.32 Å². The van der Waals surface area contributed by atoms with Crippen LogP contribution in [0, 0.1) is 0 Å². The second-order valence-electron chi connectivity index (χ2n) is 4.78. The maximum Gasteiger partial charge on any atom is 0.120 e. The normalized spacial score (nSPS) is 12.3. The lowest BCUT2D eigenvalue weighted by molar-refractivity contribution is 0.452. The molecule has 0 radical (unpaired) electrons. The van der Waals surface area contributed by atoms with Crippen molar-refractivity contribution in [3.8, 4) is 5.75 Å². The number of phenols is 1. The number of benzene rings is 2. The average molecular weight is 255 g/mol. The molecule has 2 aromatic carbocycles. The zero-order chi connectivity index (χ0) is 13.7. The van der Waals surface area contributed by atoms with Crippen molar-refractivity contribution in [3.05, 3.63) is 65.2 Å². The number of aryl methyl sites for hydroxylation is 1. The molecule has 0 heterocycles. The minimum absolute atomic E-state index is 0.131. The number of hydrogen-bond acceptors (Lipinski definition) is 2. The second-order valence-corrected chi connectivity index (χ2v) is 4.78. The minimum Gasteiger partial charge on any atom is -0.508 e. The van der Waals surface area contributed by atoms with Crippen LogP contribution in [0.15, 0.2) is 48.5 Å². The molecule has 19 heavy (non-hydrogen) atoms. The molecule has 2 N–H and O–H groups in total. The van der Waals surface area contributed by atoms with E-state index in [9.17, 15) is 5.11 Å². The fraction of sp³-hybridized carbons (Fsp3) is 0.294. The third-order valence-corrected chi connectivity index (χ3v) is 3.50. The van der Waals surface area contributed by atoms with E-state index in [1.807, 2.05) is 18.2 Å². The highest BCUT2D eigenvalue weighted by atomic mass is 16.3. The molecule has 2 aromatic rings. The molecule has 2 rings (SSSR count). The molecule has 2 nitrogen and oxygen atoms in total. The summed E-state index contributed by atoms with van der Waals surface area (Å²) in [6.45, 7) is 5.06. The maximum atomic E-state index is 9.84. The van der Waals surface area contributed by atoms with Crippen LogP contribution in [0.5, 0.6) is 5.75 Å². The highest BCUT2D eigenvalue weighted by Crippen LogP contribution is 2.23.